The Balaban J connectivity index is 0.00000208. The van der Waals surface area contributed by atoms with Crippen LogP contribution < -0.4 is 0 Å². The molecule has 3 rings (SSSR count). The Morgan fingerprint density at radius 2 is 2.08 bits per heavy atom. The van der Waals surface area contributed by atoms with Crippen molar-refractivity contribution in [3.63, 3.8) is 0 Å². The molecule has 0 amide bonds. The fraction of sp³-hybridized carbons (Fsp3) is 0.176. The Morgan fingerprint density at radius 1 is 1.29 bits per heavy atom. The molecule has 0 aliphatic heterocycles. The second kappa shape index (κ2) is 8.18. The lowest BCUT2D eigenvalue weighted by atomic mass is 9.92. The molecule has 3 aromatic rings. The van der Waals surface area contributed by atoms with Crippen molar-refractivity contribution in [2.45, 2.75) is 18.8 Å². The van der Waals surface area contributed by atoms with Gasteiger partial charge in [-0.25, -0.2) is 4.98 Å². The molecular formula is C17H15Cl2IN2O2. The van der Waals surface area contributed by atoms with Gasteiger partial charge in [-0.05, 0) is 58.5 Å². The summed E-state index contributed by atoms with van der Waals surface area (Å²) in [6.07, 6.45) is 0.562. The molecule has 24 heavy (non-hydrogen) atoms. The molecule has 1 aromatic heterocycles. The normalized spacial score (nSPS) is 11.9. The van der Waals surface area contributed by atoms with E-state index < -0.39 is 5.97 Å². The van der Waals surface area contributed by atoms with E-state index in [2.05, 4.69) is 32.6 Å². The van der Waals surface area contributed by atoms with E-state index in [0.717, 1.165) is 26.0 Å². The Kier molecular flexibility index (Phi) is 6.48. The van der Waals surface area contributed by atoms with Gasteiger partial charge in [-0.1, -0.05) is 23.7 Å². The van der Waals surface area contributed by atoms with Crippen LogP contribution in [0.4, 0.5) is 0 Å². The van der Waals surface area contributed by atoms with Crippen LogP contribution in [0.3, 0.4) is 0 Å². The molecule has 0 bridgehead atoms. The van der Waals surface area contributed by atoms with E-state index in [1.807, 2.05) is 36.4 Å². The molecule has 1 atom stereocenters. The zero-order valence-corrected chi connectivity index (χ0v) is 16.2. The number of benzene rings is 2. The van der Waals surface area contributed by atoms with Crippen molar-refractivity contribution in [1.29, 1.82) is 0 Å². The van der Waals surface area contributed by atoms with Gasteiger partial charge >= 0.3 is 5.97 Å². The number of carbonyl (C=O) groups is 1. The van der Waals surface area contributed by atoms with Crippen LogP contribution in [0, 0.1) is 3.57 Å². The minimum atomic E-state index is -0.833. The van der Waals surface area contributed by atoms with Crippen LogP contribution in [-0.2, 0) is 11.2 Å². The number of aromatic nitrogens is 2. The maximum absolute atomic E-state index is 11.2. The average Bonchev–Trinajstić information content (AvgIpc) is 2.87. The molecule has 0 aliphatic rings. The summed E-state index contributed by atoms with van der Waals surface area (Å²) in [6.45, 7) is 0. The number of hydrogen-bond acceptors (Lipinski definition) is 2. The van der Waals surface area contributed by atoms with E-state index in [-0.39, 0.29) is 24.7 Å². The highest BCUT2D eigenvalue weighted by Crippen LogP contribution is 2.27. The second-order valence-electron chi connectivity index (χ2n) is 5.40. The van der Waals surface area contributed by atoms with Crippen LogP contribution in [-0.4, -0.2) is 21.0 Å². The molecule has 2 N–H and O–H groups in total. The number of aromatic amines is 1. The molecule has 1 unspecified atom stereocenters. The number of nitrogens with one attached hydrogen (secondary N) is 1. The van der Waals surface area contributed by atoms with Gasteiger partial charge in [-0.15, -0.1) is 12.4 Å². The maximum atomic E-state index is 11.2. The summed E-state index contributed by atoms with van der Waals surface area (Å²) in [6, 6.07) is 13.3. The van der Waals surface area contributed by atoms with Crippen molar-refractivity contribution in [3.05, 3.63) is 62.4 Å². The topological polar surface area (TPSA) is 66.0 Å². The van der Waals surface area contributed by atoms with E-state index in [1.54, 1.807) is 6.07 Å². The summed E-state index contributed by atoms with van der Waals surface area (Å²) in [5, 5.41) is 9.81. The number of carboxylic acids is 1. The minimum absolute atomic E-state index is 0. The monoisotopic (exact) mass is 476 g/mol. The van der Waals surface area contributed by atoms with Gasteiger partial charge in [0.1, 0.15) is 5.82 Å². The zero-order valence-electron chi connectivity index (χ0n) is 12.5. The SMILES string of the molecule is Cl.O=C(O)CC(Cc1nc2ccc(I)cc2[nH]1)c1cccc(Cl)c1. The number of hydrogen-bond donors (Lipinski definition) is 2. The Morgan fingerprint density at radius 3 is 2.79 bits per heavy atom. The van der Waals surface area contributed by atoms with Gasteiger partial charge in [-0.2, -0.15) is 0 Å². The van der Waals surface area contributed by atoms with Crippen LogP contribution >= 0.6 is 46.6 Å². The molecule has 0 radical (unpaired) electrons. The summed E-state index contributed by atoms with van der Waals surface area (Å²) in [4.78, 5) is 19.1. The van der Waals surface area contributed by atoms with E-state index in [0.29, 0.717) is 11.4 Å². The summed E-state index contributed by atoms with van der Waals surface area (Å²) >= 11 is 8.29. The highest BCUT2D eigenvalue weighted by atomic mass is 127. The van der Waals surface area contributed by atoms with Gasteiger partial charge in [0.2, 0.25) is 0 Å². The minimum Gasteiger partial charge on any atom is -0.481 e. The predicted octanol–water partition coefficient (Wildman–Crippen LogP) is 5.04. The number of halogens is 3. The van der Waals surface area contributed by atoms with Crippen molar-refractivity contribution in [2.24, 2.45) is 0 Å². The van der Waals surface area contributed by atoms with Gasteiger partial charge in [0, 0.05) is 20.9 Å². The van der Waals surface area contributed by atoms with Crippen molar-refractivity contribution >= 4 is 63.6 Å². The number of fused-ring (bicyclic) bond motifs is 1. The molecule has 4 nitrogen and oxygen atoms in total. The lowest BCUT2D eigenvalue weighted by Crippen LogP contribution is -2.10. The van der Waals surface area contributed by atoms with Crippen LogP contribution in [0.25, 0.3) is 11.0 Å². The summed E-state index contributed by atoms with van der Waals surface area (Å²) in [5.41, 5.74) is 2.77. The van der Waals surface area contributed by atoms with Gasteiger partial charge in [0.15, 0.2) is 0 Å². The number of nitrogens with zero attached hydrogens (tertiary/aromatic N) is 1. The largest absolute Gasteiger partial charge is 0.481 e. The van der Waals surface area contributed by atoms with Crippen LogP contribution in [0.2, 0.25) is 5.02 Å². The molecule has 0 saturated heterocycles. The van der Waals surface area contributed by atoms with E-state index >= 15 is 0 Å². The van der Waals surface area contributed by atoms with Crippen molar-refractivity contribution in [3.8, 4) is 0 Å². The summed E-state index contributed by atoms with van der Waals surface area (Å²) in [5.74, 6) is -0.223. The third kappa shape index (κ3) is 4.62. The average molecular weight is 477 g/mol. The molecule has 0 spiro atoms. The zero-order chi connectivity index (χ0) is 16.4. The van der Waals surface area contributed by atoms with Crippen molar-refractivity contribution in [2.75, 3.05) is 0 Å². The van der Waals surface area contributed by atoms with Gasteiger partial charge in [0.25, 0.3) is 0 Å². The molecule has 7 heteroatoms. The fourth-order valence-corrected chi connectivity index (χ4v) is 3.33. The Hall–Kier alpha value is -1.31. The van der Waals surface area contributed by atoms with Crippen molar-refractivity contribution < 1.29 is 9.90 Å². The summed E-state index contributed by atoms with van der Waals surface area (Å²) < 4.78 is 1.13. The molecule has 126 valence electrons. The molecule has 0 aliphatic carbocycles. The maximum Gasteiger partial charge on any atom is 0.303 e. The van der Waals surface area contributed by atoms with Crippen LogP contribution in [0.1, 0.15) is 23.7 Å². The fourth-order valence-electron chi connectivity index (χ4n) is 2.64. The molecule has 0 fully saturated rings. The molecule has 0 saturated carbocycles. The predicted molar refractivity (Wildman–Crippen MR) is 106 cm³/mol. The number of aliphatic carboxylic acids is 1. The van der Waals surface area contributed by atoms with E-state index in [4.69, 9.17) is 11.6 Å². The smallest absolute Gasteiger partial charge is 0.303 e. The van der Waals surface area contributed by atoms with E-state index in [9.17, 15) is 9.90 Å². The van der Waals surface area contributed by atoms with Crippen molar-refractivity contribution in [1.82, 2.24) is 9.97 Å². The highest BCUT2D eigenvalue weighted by Gasteiger charge is 2.18. The number of carboxylic acid groups (broad SMARTS) is 1. The van der Waals surface area contributed by atoms with Crippen LogP contribution in [0.5, 0.6) is 0 Å². The Labute approximate surface area is 164 Å². The molecule has 1 heterocycles. The van der Waals surface area contributed by atoms with E-state index in [1.165, 1.54) is 0 Å². The first kappa shape index (κ1) is 19.0. The highest BCUT2D eigenvalue weighted by molar-refractivity contribution is 14.1. The van der Waals surface area contributed by atoms with Gasteiger partial charge < -0.3 is 10.1 Å². The molecular weight excluding hydrogens is 462 g/mol. The quantitative estimate of drug-likeness (QED) is 0.506. The van der Waals surface area contributed by atoms with Crippen LogP contribution in [0.15, 0.2) is 42.5 Å². The van der Waals surface area contributed by atoms with Gasteiger partial charge in [0.05, 0.1) is 17.5 Å². The Bertz CT molecular complexity index is 867. The van der Waals surface area contributed by atoms with Gasteiger partial charge in [-0.3, -0.25) is 4.79 Å². The number of H-pyrrole nitrogens is 1. The first-order valence-electron chi connectivity index (χ1n) is 7.12. The first-order chi connectivity index (χ1) is 11.0. The third-order valence-corrected chi connectivity index (χ3v) is 4.58. The number of imidazole rings is 1. The standard InChI is InChI=1S/C17H14ClIN2O2.ClH/c18-12-3-1-2-10(6-12)11(8-17(22)23)7-16-20-14-5-4-13(19)9-15(14)21-16;/h1-6,9,11H,7-8H2,(H,20,21)(H,22,23);1H. The third-order valence-electron chi connectivity index (χ3n) is 3.67. The second-order valence-corrected chi connectivity index (χ2v) is 7.08. The lowest BCUT2D eigenvalue weighted by molar-refractivity contribution is -0.137. The molecule has 2 aromatic carbocycles. The first-order valence-corrected chi connectivity index (χ1v) is 8.58. The number of rotatable bonds is 5. The summed E-state index contributed by atoms with van der Waals surface area (Å²) in [7, 11) is 0. The lowest BCUT2D eigenvalue weighted by Gasteiger charge is -2.14.